The molecule has 1 aliphatic rings. The summed E-state index contributed by atoms with van der Waals surface area (Å²) in [6.07, 6.45) is -18.9. The number of carbonyl (C=O) groups is 2. The Kier molecular flexibility index (Phi) is 10.2. The molecule has 19 heteroatoms. The number of amides is 2. The van der Waals surface area contributed by atoms with Gasteiger partial charge in [-0.3, -0.25) is 14.3 Å². The van der Waals surface area contributed by atoms with Crippen LogP contribution >= 0.6 is 0 Å². The molecule has 260 valence electrons. The van der Waals surface area contributed by atoms with E-state index in [1.54, 1.807) is 0 Å². The summed E-state index contributed by atoms with van der Waals surface area (Å²) in [5, 5.41) is 8.55. The Morgan fingerprint density at radius 1 is 1.00 bits per heavy atom. The minimum absolute atomic E-state index is 0.0342. The molecule has 1 aliphatic carbocycles. The summed E-state index contributed by atoms with van der Waals surface area (Å²) < 4.78 is 144. The van der Waals surface area contributed by atoms with Crippen LogP contribution in [-0.2, 0) is 11.3 Å². The predicted octanol–water partition coefficient (Wildman–Crippen LogP) is 7.32. The second-order valence-corrected chi connectivity index (χ2v) is 11.5. The topological polar surface area (TPSA) is 105 Å². The number of nitrogens with one attached hydrogen (secondary N) is 3. The smallest absolute Gasteiger partial charge is 0.350 e. The zero-order chi connectivity index (χ0) is 34.9. The van der Waals surface area contributed by atoms with Gasteiger partial charge in [-0.25, -0.2) is 13.8 Å². The molecule has 0 spiro atoms. The fourth-order valence-electron chi connectivity index (χ4n) is 5.40. The molecule has 0 aliphatic heterocycles. The highest BCUT2D eigenvalue weighted by Gasteiger charge is 2.57. The van der Waals surface area contributed by atoms with Gasteiger partial charge < -0.3 is 15.6 Å². The number of imidazole rings is 1. The maximum atomic E-state index is 14.0. The molecule has 2 heterocycles. The molecule has 0 bridgehead atoms. The van der Waals surface area contributed by atoms with Gasteiger partial charge in [0.15, 0.2) is 5.92 Å². The summed E-state index contributed by atoms with van der Waals surface area (Å²) in [5.41, 5.74) is 0.609. The van der Waals surface area contributed by atoms with Crippen molar-refractivity contribution in [3.63, 3.8) is 0 Å². The number of rotatable bonds is 10. The quantitative estimate of drug-likeness (QED) is 0.194. The van der Waals surface area contributed by atoms with Crippen molar-refractivity contribution in [1.29, 1.82) is 0 Å². The lowest BCUT2D eigenvalue weighted by atomic mass is 9.81. The molecular weight excluding hydrogens is 661 g/mol. The van der Waals surface area contributed by atoms with Gasteiger partial charge in [0.1, 0.15) is 11.5 Å². The number of nitrogens with zero attached hydrogens (tertiary/aromatic N) is 3. The molecule has 1 fully saturated rings. The SMILES string of the molecule is C[C@@H](NC(=O)CC(C(F)(F)F)C(F)(F)F)c1ccc2[nH]c([C@@H](NC(=O)c3ccnn3CCC(F)(F)F)C3CCC(F)(F)CC3)nc2c1. The third-order valence-electron chi connectivity index (χ3n) is 7.95. The lowest BCUT2D eigenvalue weighted by Crippen LogP contribution is -2.41. The molecule has 2 atom stereocenters. The maximum Gasteiger partial charge on any atom is 0.400 e. The van der Waals surface area contributed by atoms with E-state index in [0.717, 1.165) is 10.9 Å². The zero-order valence-electron chi connectivity index (χ0n) is 24.5. The van der Waals surface area contributed by atoms with Gasteiger partial charge in [0, 0.05) is 25.5 Å². The van der Waals surface area contributed by atoms with E-state index in [1.807, 2.05) is 0 Å². The molecule has 2 aromatic heterocycles. The third-order valence-corrected chi connectivity index (χ3v) is 7.95. The Hall–Kier alpha value is -3.93. The second kappa shape index (κ2) is 13.3. The number of hydrogen-bond acceptors (Lipinski definition) is 4. The molecule has 0 radical (unpaired) electrons. The van der Waals surface area contributed by atoms with Crippen molar-refractivity contribution in [1.82, 2.24) is 30.4 Å². The summed E-state index contributed by atoms with van der Waals surface area (Å²) in [4.78, 5) is 32.8. The van der Waals surface area contributed by atoms with Crippen LogP contribution in [0.15, 0.2) is 30.5 Å². The molecular formula is C28H29F11N6O2. The van der Waals surface area contributed by atoms with Crippen LogP contribution in [0.1, 0.15) is 79.4 Å². The largest absolute Gasteiger partial charge is 0.400 e. The van der Waals surface area contributed by atoms with Crippen LogP contribution in [0.2, 0.25) is 0 Å². The standard InChI is InChI=1S/C28H29F11N6O2/c1-14(41-21(46)13-20(27(34,35)36)28(37,38)39)16-2-3-17-18(12-16)43-23(42-17)22(15-4-7-25(29,30)8-5-15)44-24(47)19-6-10-40-45(19)11-9-26(31,32)33/h2-3,6,10,12,14-15,20,22H,4-5,7-9,11,13H2,1H3,(H,41,46)(H,42,43)(H,44,47)/t14-,22+/m1/s1. The number of fused-ring (bicyclic) bond motifs is 1. The summed E-state index contributed by atoms with van der Waals surface area (Å²) in [7, 11) is 0. The van der Waals surface area contributed by atoms with Crippen LogP contribution in [0.5, 0.6) is 0 Å². The Bertz CT molecular complexity index is 1540. The first kappa shape index (κ1) is 35.9. The number of aryl methyl sites for hydroxylation is 1. The van der Waals surface area contributed by atoms with Crippen LogP contribution in [0.25, 0.3) is 11.0 Å². The van der Waals surface area contributed by atoms with Crippen LogP contribution in [-0.4, -0.2) is 56.0 Å². The van der Waals surface area contributed by atoms with Gasteiger partial charge in [-0.15, -0.1) is 0 Å². The molecule has 0 unspecified atom stereocenters. The lowest BCUT2D eigenvalue weighted by molar-refractivity contribution is -0.284. The van der Waals surface area contributed by atoms with Gasteiger partial charge in [-0.1, -0.05) is 6.07 Å². The van der Waals surface area contributed by atoms with Gasteiger partial charge in [0.25, 0.3) is 5.91 Å². The van der Waals surface area contributed by atoms with Crippen LogP contribution in [0.4, 0.5) is 48.3 Å². The van der Waals surface area contributed by atoms with E-state index in [4.69, 9.17) is 0 Å². The molecule has 2 amide bonds. The predicted molar refractivity (Wildman–Crippen MR) is 143 cm³/mol. The van der Waals surface area contributed by atoms with E-state index < -0.39 is 92.4 Å². The number of H-pyrrole nitrogens is 1. The minimum Gasteiger partial charge on any atom is -0.350 e. The van der Waals surface area contributed by atoms with E-state index in [0.29, 0.717) is 5.52 Å². The lowest BCUT2D eigenvalue weighted by Gasteiger charge is -2.33. The van der Waals surface area contributed by atoms with Gasteiger partial charge in [-0.2, -0.15) is 44.6 Å². The van der Waals surface area contributed by atoms with E-state index in [2.05, 4.69) is 25.7 Å². The van der Waals surface area contributed by atoms with Gasteiger partial charge in [0.05, 0.1) is 36.1 Å². The Labute approximate surface area is 259 Å². The first-order chi connectivity index (χ1) is 21.6. The van der Waals surface area contributed by atoms with Crippen molar-refractivity contribution in [3.8, 4) is 0 Å². The minimum atomic E-state index is -5.69. The molecule has 3 aromatic rings. The maximum absolute atomic E-state index is 14.0. The number of aromatic nitrogens is 4. The molecule has 3 N–H and O–H groups in total. The third kappa shape index (κ3) is 9.33. The number of alkyl halides is 11. The first-order valence-corrected chi connectivity index (χ1v) is 14.3. The summed E-state index contributed by atoms with van der Waals surface area (Å²) >= 11 is 0. The number of halogens is 11. The average molecular weight is 691 g/mol. The fourth-order valence-corrected chi connectivity index (χ4v) is 5.40. The number of hydrogen-bond donors (Lipinski definition) is 3. The van der Waals surface area contributed by atoms with Crippen molar-refractivity contribution in [2.24, 2.45) is 11.8 Å². The van der Waals surface area contributed by atoms with Crippen molar-refractivity contribution in [2.45, 2.75) is 88.5 Å². The van der Waals surface area contributed by atoms with E-state index in [1.165, 1.54) is 31.2 Å². The molecule has 0 saturated heterocycles. The molecule has 1 saturated carbocycles. The van der Waals surface area contributed by atoms with Crippen molar-refractivity contribution < 1.29 is 57.9 Å². The van der Waals surface area contributed by atoms with Gasteiger partial charge in [-0.05, 0) is 49.4 Å². The van der Waals surface area contributed by atoms with Crippen molar-refractivity contribution in [3.05, 3.63) is 47.5 Å². The van der Waals surface area contributed by atoms with Crippen molar-refractivity contribution >= 4 is 22.8 Å². The fraction of sp³-hybridized carbons (Fsp3) is 0.571. The van der Waals surface area contributed by atoms with Crippen LogP contribution in [0.3, 0.4) is 0 Å². The molecule has 4 rings (SSSR count). The summed E-state index contributed by atoms with van der Waals surface area (Å²) in [5.74, 6) is -9.57. The monoisotopic (exact) mass is 690 g/mol. The van der Waals surface area contributed by atoms with E-state index in [-0.39, 0.29) is 35.4 Å². The summed E-state index contributed by atoms with van der Waals surface area (Å²) in [6.45, 7) is 0.685. The Morgan fingerprint density at radius 3 is 2.23 bits per heavy atom. The van der Waals surface area contributed by atoms with Crippen molar-refractivity contribution in [2.75, 3.05) is 0 Å². The average Bonchev–Trinajstić information content (AvgIpc) is 3.59. The van der Waals surface area contributed by atoms with E-state index in [9.17, 15) is 57.9 Å². The first-order valence-electron chi connectivity index (χ1n) is 14.3. The number of benzene rings is 1. The highest BCUT2D eigenvalue weighted by Crippen LogP contribution is 2.42. The highest BCUT2D eigenvalue weighted by atomic mass is 19.4. The van der Waals surface area contributed by atoms with E-state index >= 15 is 0 Å². The van der Waals surface area contributed by atoms with Crippen LogP contribution in [0, 0.1) is 11.8 Å². The number of aromatic amines is 1. The second-order valence-electron chi connectivity index (χ2n) is 11.5. The molecule has 1 aromatic carbocycles. The Balaban J connectivity index is 1.56. The zero-order valence-corrected chi connectivity index (χ0v) is 24.5. The molecule has 47 heavy (non-hydrogen) atoms. The normalized spacial score (nSPS) is 17.6. The summed E-state index contributed by atoms with van der Waals surface area (Å²) in [6, 6.07) is 3.41. The van der Waals surface area contributed by atoms with Crippen LogP contribution < -0.4 is 10.6 Å². The Morgan fingerprint density at radius 2 is 1.64 bits per heavy atom. The molecule has 8 nitrogen and oxygen atoms in total. The van der Waals surface area contributed by atoms with Gasteiger partial charge in [0.2, 0.25) is 11.8 Å². The highest BCUT2D eigenvalue weighted by molar-refractivity contribution is 5.92. The van der Waals surface area contributed by atoms with Gasteiger partial charge >= 0.3 is 18.5 Å². The number of carbonyl (C=O) groups excluding carboxylic acids is 2.